The summed E-state index contributed by atoms with van der Waals surface area (Å²) < 4.78 is 6.22. The highest BCUT2D eigenvalue weighted by Crippen LogP contribution is 2.30. The van der Waals surface area contributed by atoms with Crippen LogP contribution in [0.4, 0.5) is 4.79 Å². The highest BCUT2D eigenvalue weighted by molar-refractivity contribution is 9.10. The molecule has 0 aromatic heterocycles. The molecule has 1 amide bonds. The first kappa shape index (κ1) is 13.9. The minimum Gasteiger partial charge on any atom is -0.409 e. The van der Waals surface area contributed by atoms with Crippen LogP contribution in [0.3, 0.4) is 0 Å². The molecule has 2 aromatic rings. The standard InChI is InChI=1S/C15H16BrNO2/c1-3-17(4-2)15(18)19-14-10-12-8-6-5-7-11(12)9-13(14)16/h5-10H,3-4H2,1-2H3. The summed E-state index contributed by atoms with van der Waals surface area (Å²) >= 11 is 3.44. The van der Waals surface area contributed by atoms with Crippen LogP contribution in [0.25, 0.3) is 10.8 Å². The Hall–Kier alpha value is -1.55. The molecular weight excluding hydrogens is 306 g/mol. The van der Waals surface area contributed by atoms with Crippen molar-refractivity contribution < 1.29 is 9.53 Å². The van der Waals surface area contributed by atoms with Crippen LogP contribution in [0.2, 0.25) is 0 Å². The summed E-state index contributed by atoms with van der Waals surface area (Å²) in [5.74, 6) is 0.551. The minimum atomic E-state index is -0.319. The maximum absolute atomic E-state index is 11.9. The number of carbonyl (C=O) groups excluding carboxylic acids is 1. The average Bonchev–Trinajstić information content (AvgIpc) is 2.41. The van der Waals surface area contributed by atoms with E-state index in [1.807, 2.05) is 50.2 Å². The Morgan fingerprint density at radius 1 is 1.16 bits per heavy atom. The predicted molar refractivity (Wildman–Crippen MR) is 80.6 cm³/mol. The van der Waals surface area contributed by atoms with E-state index in [9.17, 15) is 4.79 Å². The molecule has 0 fully saturated rings. The van der Waals surface area contributed by atoms with E-state index in [1.165, 1.54) is 0 Å². The van der Waals surface area contributed by atoms with E-state index in [0.29, 0.717) is 18.8 Å². The smallest absolute Gasteiger partial charge is 0.409 e. The van der Waals surface area contributed by atoms with Crippen molar-refractivity contribution in [3.05, 3.63) is 40.9 Å². The third-order valence-electron chi connectivity index (χ3n) is 3.02. The summed E-state index contributed by atoms with van der Waals surface area (Å²) in [7, 11) is 0. The summed E-state index contributed by atoms with van der Waals surface area (Å²) in [6.07, 6.45) is -0.319. The van der Waals surface area contributed by atoms with E-state index in [-0.39, 0.29) is 6.09 Å². The average molecular weight is 322 g/mol. The summed E-state index contributed by atoms with van der Waals surface area (Å²) in [5.41, 5.74) is 0. The highest BCUT2D eigenvalue weighted by Gasteiger charge is 2.14. The fourth-order valence-corrected chi connectivity index (χ4v) is 2.35. The molecule has 0 N–H and O–H groups in total. The normalized spacial score (nSPS) is 10.5. The van der Waals surface area contributed by atoms with Crippen LogP contribution in [-0.2, 0) is 0 Å². The molecule has 0 aliphatic rings. The molecule has 0 unspecified atom stereocenters. The Balaban J connectivity index is 2.30. The predicted octanol–water partition coefficient (Wildman–Crippen LogP) is 4.44. The second-order valence-corrected chi connectivity index (χ2v) is 5.02. The van der Waals surface area contributed by atoms with Gasteiger partial charge in [0.1, 0.15) is 5.75 Å². The van der Waals surface area contributed by atoms with E-state index in [4.69, 9.17) is 4.74 Å². The molecule has 100 valence electrons. The zero-order chi connectivity index (χ0) is 13.8. The molecule has 3 nitrogen and oxygen atoms in total. The van der Waals surface area contributed by atoms with Gasteiger partial charge in [0.15, 0.2) is 0 Å². The van der Waals surface area contributed by atoms with Gasteiger partial charge in [0.05, 0.1) is 4.47 Å². The Labute approximate surface area is 121 Å². The van der Waals surface area contributed by atoms with Gasteiger partial charge in [0.25, 0.3) is 0 Å². The molecule has 4 heteroatoms. The van der Waals surface area contributed by atoms with Gasteiger partial charge in [-0.25, -0.2) is 4.79 Å². The van der Waals surface area contributed by atoms with Crippen molar-refractivity contribution >= 4 is 32.8 Å². The van der Waals surface area contributed by atoms with Gasteiger partial charge in [-0.3, -0.25) is 0 Å². The largest absolute Gasteiger partial charge is 0.415 e. The first-order chi connectivity index (χ1) is 9.15. The lowest BCUT2D eigenvalue weighted by molar-refractivity contribution is 0.157. The van der Waals surface area contributed by atoms with Gasteiger partial charge < -0.3 is 9.64 Å². The van der Waals surface area contributed by atoms with E-state index in [2.05, 4.69) is 15.9 Å². The van der Waals surface area contributed by atoms with Gasteiger partial charge in [-0.1, -0.05) is 24.3 Å². The van der Waals surface area contributed by atoms with Gasteiger partial charge >= 0.3 is 6.09 Å². The third kappa shape index (κ3) is 3.07. The Morgan fingerprint density at radius 2 is 1.74 bits per heavy atom. The Kier molecular flexibility index (Phi) is 4.43. The number of halogens is 1. The molecule has 0 saturated heterocycles. The number of ether oxygens (including phenoxy) is 1. The summed E-state index contributed by atoms with van der Waals surface area (Å²) in [6, 6.07) is 11.8. The van der Waals surface area contributed by atoms with Crippen molar-refractivity contribution in [3.63, 3.8) is 0 Å². The van der Waals surface area contributed by atoms with Crippen LogP contribution < -0.4 is 4.74 Å². The number of fused-ring (bicyclic) bond motifs is 1. The number of carbonyl (C=O) groups is 1. The molecule has 0 heterocycles. The van der Waals surface area contributed by atoms with E-state index < -0.39 is 0 Å². The van der Waals surface area contributed by atoms with Crippen molar-refractivity contribution in [2.24, 2.45) is 0 Å². The second-order valence-electron chi connectivity index (χ2n) is 4.17. The lowest BCUT2D eigenvalue weighted by atomic mass is 10.1. The van der Waals surface area contributed by atoms with Crippen LogP contribution in [0, 0.1) is 0 Å². The zero-order valence-electron chi connectivity index (χ0n) is 11.0. The molecule has 0 spiro atoms. The maximum atomic E-state index is 11.9. The lowest BCUT2D eigenvalue weighted by Gasteiger charge is -2.18. The van der Waals surface area contributed by atoms with Crippen LogP contribution in [0.5, 0.6) is 5.75 Å². The van der Waals surface area contributed by atoms with Gasteiger partial charge in [0.2, 0.25) is 0 Å². The summed E-state index contributed by atoms with van der Waals surface area (Å²) in [5, 5.41) is 2.16. The van der Waals surface area contributed by atoms with Gasteiger partial charge in [-0.2, -0.15) is 0 Å². The number of rotatable bonds is 3. The number of hydrogen-bond acceptors (Lipinski definition) is 2. The molecule has 0 atom stereocenters. The fraction of sp³-hybridized carbons (Fsp3) is 0.267. The van der Waals surface area contributed by atoms with Gasteiger partial charge in [0, 0.05) is 13.1 Å². The minimum absolute atomic E-state index is 0.319. The molecule has 0 aliphatic heterocycles. The molecule has 19 heavy (non-hydrogen) atoms. The van der Waals surface area contributed by atoms with Crippen LogP contribution >= 0.6 is 15.9 Å². The topological polar surface area (TPSA) is 29.5 Å². The maximum Gasteiger partial charge on any atom is 0.415 e. The molecule has 2 aromatic carbocycles. The Bertz CT molecular complexity index is 594. The van der Waals surface area contributed by atoms with Crippen LogP contribution in [-0.4, -0.2) is 24.1 Å². The van der Waals surface area contributed by atoms with Crippen LogP contribution in [0.1, 0.15) is 13.8 Å². The first-order valence-electron chi connectivity index (χ1n) is 6.30. The van der Waals surface area contributed by atoms with Crippen LogP contribution in [0.15, 0.2) is 40.9 Å². The molecule has 0 radical (unpaired) electrons. The number of amides is 1. The van der Waals surface area contributed by atoms with E-state index in [0.717, 1.165) is 15.2 Å². The third-order valence-corrected chi connectivity index (χ3v) is 3.64. The molecule has 2 rings (SSSR count). The van der Waals surface area contributed by atoms with E-state index >= 15 is 0 Å². The highest BCUT2D eigenvalue weighted by atomic mass is 79.9. The second kappa shape index (κ2) is 6.06. The van der Waals surface area contributed by atoms with Crippen molar-refractivity contribution in [2.45, 2.75) is 13.8 Å². The number of nitrogens with zero attached hydrogens (tertiary/aromatic N) is 1. The monoisotopic (exact) mass is 321 g/mol. The number of hydrogen-bond donors (Lipinski definition) is 0. The number of benzene rings is 2. The van der Waals surface area contributed by atoms with Crippen molar-refractivity contribution in [3.8, 4) is 5.75 Å². The van der Waals surface area contributed by atoms with Gasteiger partial charge in [-0.05, 0) is 52.7 Å². The van der Waals surface area contributed by atoms with Crippen molar-refractivity contribution in [2.75, 3.05) is 13.1 Å². The molecule has 0 bridgehead atoms. The molecule has 0 aliphatic carbocycles. The Morgan fingerprint density at radius 3 is 2.32 bits per heavy atom. The zero-order valence-corrected chi connectivity index (χ0v) is 12.6. The SMILES string of the molecule is CCN(CC)C(=O)Oc1cc2ccccc2cc1Br. The van der Waals surface area contributed by atoms with Crippen molar-refractivity contribution in [1.82, 2.24) is 4.90 Å². The van der Waals surface area contributed by atoms with Gasteiger partial charge in [-0.15, -0.1) is 0 Å². The summed E-state index contributed by atoms with van der Waals surface area (Å²) in [4.78, 5) is 13.6. The summed E-state index contributed by atoms with van der Waals surface area (Å²) in [6.45, 7) is 5.14. The quantitative estimate of drug-likeness (QED) is 0.836. The molecular formula is C15H16BrNO2. The fourth-order valence-electron chi connectivity index (χ4n) is 1.91. The lowest BCUT2D eigenvalue weighted by Crippen LogP contribution is -2.33. The first-order valence-corrected chi connectivity index (χ1v) is 7.10. The van der Waals surface area contributed by atoms with Crippen molar-refractivity contribution in [1.29, 1.82) is 0 Å². The van der Waals surface area contributed by atoms with E-state index in [1.54, 1.807) is 4.90 Å². The molecule has 0 saturated carbocycles.